The van der Waals surface area contributed by atoms with Gasteiger partial charge in [-0.05, 0) is 51.4 Å². The Kier molecular flexibility index (Phi) is 23.6. The molecule has 2 heterocycles. The number of rotatable bonds is 28. The summed E-state index contributed by atoms with van der Waals surface area (Å²) < 4.78 is 22.5. The Morgan fingerprint density at radius 3 is 1.54 bits per heavy atom. The maximum absolute atomic E-state index is 12.8. The van der Waals surface area contributed by atoms with E-state index in [1.807, 2.05) is 0 Å². The highest BCUT2D eigenvalue weighted by Crippen LogP contribution is 2.22. The lowest BCUT2D eigenvalue weighted by atomic mass is 10.1. The van der Waals surface area contributed by atoms with E-state index in [9.17, 15) is 34.2 Å². The van der Waals surface area contributed by atoms with Crippen LogP contribution in [0.1, 0.15) is 77.0 Å². The number of nitrogens with zero attached hydrogens (tertiary/aromatic N) is 1. The Morgan fingerprint density at radius 2 is 1.08 bits per heavy atom. The van der Waals surface area contributed by atoms with Crippen LogP contribution in [0.2, 0.25) is 0 Å². The molecule has 0 aromatic carbocycles. The summed E-state index contributed by atoms with van der Waals surface area (Å²) in [5, 5.41) is 31.4. The molecule has 4 amide bonds. The van der Waals surface area contributed by atoms with Crippen LogP contribution < -0.4 is 21.3 Å². The molecule has 2 fully saturated rings. The zero-order valence-corrected chi connectivity index (χ0v) is 30.5. The fourth-order valence-electron chi connectivity index (χ4n) is 5.59. The van der Waals surface area contributed by atoms with E-state index in [1.54, 1.807) is 12.2 Å². The number of aliphatic hydroxyl groups excluding tert-OH is 2. The zero-order chi connectivity index (χ0) is 38.0. The fourth-order valence-corrected chi connectivity index (χ4v) is 5.59. The predicted octanol–water partition coefficient (Wildman–Crippen LogP) is 0.210. The number of amides is 4. The molecule has 296 valence electrons. The quantitative estimate of drug-likeness (QED) is 0.0361. The lowest BCUT2D eigenvalue weighted by molar-refractivity contribution is -0.229. The van der Waals surface area contributed by atoms with E-state index < -0.39 is 36.6 Å². The second-order valence-electron chi connectivity index (χ2n) is 13.0. The largest absolute Gasteiger partial charge is 0.388 e. The van der Waals surface area contributed by atoms with Gasteiger partial charge in [0.05, 0.1) is 45.1 Å². The SMILES string of the molecule is C=C[C@H]1CC[C@H](O)[C@H](OCCNC(=O)CN(CC(=O)NCCCCCC(=O)NCCCCCC=O)CC(=O)NCCO[C@@H]2O[C@@H](C=C)CC[C@@H]2O)O1. The molecule has 16 nitrogen and oxygen atoms in total. The first-order valence-corrected chi connectivity index (χ1v) is 18.5. The zero-order valence-electron chi connectivity index (χ0n) is 30.5. The van der Waals surface area contributed by atoms with E-state index in [2.05, 4.69) is 34.4 Å². The number of ether oxygens (including phenoxy) is 4. The molecule has 6 N–H and O–H groups in total. The summed E-state index contributed by atoms with van der Waals surface area (Å²) in [6.07, 6.45) is 8.41. The number of carbonyl (C=O) groups is 5. The third-order valence-electron chi connectivity index (χ3n) is 8.50. The summed E-state index contributed by atoms with van der Waals surface area (Å²) in [4.78, 5) is 62.1. The average Bonchev–Trinajstić information content (AvgIpc) is 3.12. The van der Waals surface area contributed by atoms with Crippen LogP contribution in [-0.4, -0.2) is 141 Å². The summed E-state index contributed by atoms with van der Waals surface area (Å²) in [6.45, 7) is 8.09. The molecule has 52 heavy (non-hydrogen) atoms. The predicted molar refractivity (Wildman–Crippen MR) is 192 cm³/mol. The second kappa shape index (κ2) is 27.4. The van der Waals surface area contributed by atoms with Crippen LogP contribution in [0.15, 0.2) is 25.3 Å². The van der Waals surface area contributed by atoms with Crippen molar-refractivity contribution >= 4 is 29.9 Å². The number of aliphatic hydroxyl groups is 2. The smallest absolute Gasteiger partial charge is 0.234 e. The lowest BCUT2D eigenvalue weighted by Gasteiger charge is -2.32. The van der Waals surface area contributed by atoms with Gasteiger partial charge >= 0.3 is 0 Å². The van der Waals surface area contributed by atoms with E-state index in [0.717, 1.165) is 32.0 Å². The van der Waals surface area contributed by atoms with Gasteiger partial charge in [-0.1, -0.05) is 25.0 Å². The van der Waals surface area contributed by atoms with Gasteiger partial charge in [-0.15, -0.1) is 13.2 Å². The first kappa shape index (κ1) is 44.9. The van der Waals surface area contributed by atoms with Crippen molar-refractivity contribution < 1.29 is 53.1 Å². The Bertz CT molecular complexity index is 1040. The summed E-state index contributed by atoms with van der Waals surface area (Å²) in [7, 11) is 0. The number of unbranched alkanes of at least 4 members (excludes halogenated alkanes) is 5. The van der Waals surface area contributed by atoms with Crippen molar-refractivity contribution in [1.82, 2.24) is 26.2 Å². The maximum Gasteiger partial charge on any atom is 0.234 e. The van der Waals surface area contributed by atoms with Crippen LogP contribution in [0.3, 0.4) is 0 Å². The highest BCUT2D eigenvalue weighted by Gasteiger charge is 2.30. The normalized spacial score (nSPS) is 23.0. The minimum atomic E-state index is -0.828. The molecule has 2 aliphatic heterocycles. The van der Waals surface area contributed by atoms with E-state index in [4.69, 9.17) is 18.9 Å². The molecule has 0 aromatic heterocycles. The summed E-state index contributed by atoms with van der Waals surface area (Å²) in [5.74, 6) is -1.24. The van der Waals surface area contributed by atoms with Crippen LogP contribution in [0.25, 0.3) is 0 Å². The Balaban J connectivity index is 1.74. The molecule has 0 bridgehead atoms. The third kappa shape index (κ3) is 20.1. The van der Waals surface area contributed by atoms with Gasteiger partial charge in [-0.25, -0.2) is 0 Å². The molecule has 0 radical (unpaired) electrons. The van der Waals surface area contributed by atoms with Crippen LogP contribution in [0.4, 0.5) is 0 Å². The minimum Gasteiger partial charge on any atom is -0.388 e. The molecule has 0 spiro atoms. The molecular formula is C36H61N5O11. The molecule has 2 saturated heterocycles. The highest BCUT2D eigenvalue weighted by atomic mass is 16.7. The average molecular weight is 740 g/mol. The van der Waals surface area contributed by atoms with Crippen molar-refractivity contribution in [2.24, 2.45) is 0 Å². The molecule has 0 aromatic rings. The first-order valence-electron chi connectivity index (χ1n) is 18.5. The van der Waals surface area contributed by atoms with Crippen molar-refractivity contribution in [2.45, 2.75) is 114 Å². The third-order valence-corrected chi connectivity index (χ3v) is 8.50. The van der Waals surface area contributed by atoms with Crippen LogP contribution >= 0.6 is 0 Å². The summed E-state index contributed by atoms with van der Waals surface area (Å²) in [5.41, 5.74) is 0. The van der Waals surface area contributed by atoms with Gasteiger partial charge in [0.1, 0.15) is 18.5 Å². The van der Waals surface area contributed by atoms with Gasteiger partial charge in [0.2, 0.25) is 23.6 Å². The lowest BCUT2D eigenvalue weighted by Crippen LogP contribution is -2.48. The number of aldehydes is 1. The van der Waals surface area contributed by atoms with E-state index >= 15 is 0 Å². The van der Waals surface area contributed by atoms with Gasteiger partial charge in [-0.2, -0.15) is 0 Å². The van der Waals surface area contributed by atoms with Crippen molar-refractivity contribution in [2.75, 3.05) is 59.0 Å². The van der Waals surface area contributed by atoms with Crippen molar-refractivity contribution in [1.29, 1.82) is 0 Å². The molecule has 0 aliphatic carbocycles. The van der Waals surface area contributed by atoms with Crippen LogP contribution in [0, 0.1) is 0 Å². The van der Waals surface area contributed by atoms with E-state index in [1.165, 1.54) is 4.90 Å². The van der Waals surface area contributed by atoms with E-state index in [-0.39, 0.29) is 70.0 Å². The van der Waals surface area contributed by atoms with Crippen molar-refractivity contribution in [3.63, 3.8) is 0 Å². The van der Waals surface area contributed by atoms with Gasteiger partial charge in [0.25, 0.3) is 0 Å². The van der Waals surface area contributed by atoms with Gasteiger partial charge in [0, 0.05) is 39.0 Å². The molecule has 16 heteroatoms. The number of hydrogen-bond donors (Lipinski definition) is 6. The van der Waals surface area contributed by atoms with E-state index in [0.29, 0.717) is 64.5 Å². The van der Waals surface area contributed by atoms with Crippen molar-refractivity contribution in [3.05, 3.63) is 25.3 Å². The summed E-state index contributed by atoms with van der Waals surface area (Å²) >= 11 is 0. The molecule has 2 aliphatic rings. The second-order valence-corrected chi connectivity index (χ2v) is 13.0. The molecule has 2 rings (SSSR count). The minimum absolute atomic E-state index is 0.0211. The Morgan fingerprint density at radius 1 is 0.635 bits per heavy atom. The number of nitrogens with one attached hydrogen (secondary N) is 4. The van der Waals surface area contributed by atoms with Gasteiger partial charge < -0.3 is 55.2 Å². The Hall–Kier alpha value is -3.25. The first-order chi connectivity index (χ1) is 25.1. The monoisotopic (exact) mass is 739 g/mol. The standard InChI is InChI=1S/C36H61N5O11/c1-3-27-13-15-29(43)35(51-27)49-22-19-39-33(47)25-41(26-34(48)40-20-23-50-36-30(44)16-14-28(4-2)52-36)24-32(46)38-18-10-7-8-12-31(45)37-17-9-5-6-11-21-42/h3-4,21,27-30,35-36,43-44H,1-2,5-20,22-26H2,(H,37,45)(H,38,46)(H,39,47)(H,40,48)/t27-,28-,29-,30-,35+,36+/m0/s1. The fraction of sp³-hybridized carbons (Fsp3) is 0.750. The molecule has 6 atom stereocenters. The van der Waals surface area contributed by atoms with Gasteiger partial charge in [-0.3, -0.25) is 24.1 Å². The van der Waals surface area contributed by atoms with Crippen LogP contribution in [0.5, 0.6) is 0 Å². The molecule has 0 saturated carbocycles. The maximum atomic E-state index is 12.8. The number of hydrogen-bond acceptors (Lipinski definition) is 12. The highest BCUT2D eigenvalue weighted by molar-refractivity contribution is 5.84. The van der Waals surface area contributed by atoms with Gasteiger partial charge in [0.15, 0.2) is 12.6 Å². The number of carbonyl (C=O) groups excluding carboxylic acids is 5. The Labute approximate surface area is 307 Å². The van der Waals surface area contributed by atoms with Crippen molar-refractivity contribution in [3.8, 4) is 0 Å². The van der Waals surface area contributed by atoms with Crippen LogP contribution in [-0.2, 0) is 42.9 Å². The summed E-state index contributed by atoms with van der Waals surface area (Å²) in [6, 6.07) is 0. The molecule has 0 unspecified atom stereocenters. The molecular weight excluding hydrogens is 678 g/mol. The topological polar surface area (TPSA) is 214 Å².